The van der Waals surface area contributed by atoms with Crippen molar-refractivity contribution in [1.82, 2.24) is 0 Å². The van der Waals surface area contributed by atoms with Gasteiger partial charge in [0, 0.05) is 12.8 Å². The highest BCUT2D eigenvalue weighted by Crippen LogP contribution is 2.19. The molecule has 0 heterocycles. The van der Waals surface area contributed by atoms with Crippen molar-refractivity contribution in [2.24, 2.45) is 0 Å². The molecule has 0 saturated carbocycles. The average molecular weight is 1090 g/mol. The van der Waals surface area contributed by atoms with E-state index in [-0.39, 0.29) is 25.2 Å². The van der Waals surface area contributed by atoms with Gasteiger partial charge in [0.15, 0.2) is 6.10 Å². The lowest BCUT2D eigenvalue weighted by molar-refractivity contribution is -0.161. The van der Waals surface area contributed by atoms with Crippen LogP contribution in [0, 0.1) is 0 Å². The Balaban J connectivity index is 3.39. The summed E-state index contributed by atoms with van der Waals surface area (Å²) >= 11 is 0. The second-order valence-corrected chi connectivity index (χ2v) is 23.6. The molecular formula is C73H134O5. The highest BCUT2D eigenvalue weighted by atomic mass is 16.6. The fourth-order valence-electron chi connectivity index (χ4n) is 10.6. The van der Waals surface area contributed by atoms with Gasteiger partial charge < -0.3 is 14.6 Å². The third kappa shape index (κ3) is 66.1. The standard InChI is InChI=1S/C73H134O5/c1-3-5-7-9-11-13-15-17-19-21-23-25-27-29-31-32-33-34-35-36-37-38-39-40-42-43-45-47-49-51-53-55-57-59-61-63-65-67-72(75)77-70-71(69-74)78-73(76)68-66-64-62-60-58-56-54-52-50-48-46-44-41-30-28-26-24-22-20-18-16-14-12-10-8-6-4-2/h6,8,12,14,18,20-21,23-24,26,71,74H,3-5,7,9-11,13,15-17,19,22,25,27-70H2,1-2H3/b8-6-,14-12-,20-18-,23-21-,26-24-. The first-order valence-electron chi connectivity index (χ1n) is 34.8. The maximum Gasteiger partial charge on any atom is 0.306 e. The Labute approximate surface area is 487 Å². The largest absolute Gasteiger partial charge is 0.462 e. The van der Waals surface area contributed by atoms with Crippen LogP contribution in [0.1, 0.15) is 373 Å². The van der Waals surface area contributed by atoms with E-state index in [1.54, 1.807) is 0 Å². The molecule has 5 nitrogen and oxygen atoms in total. The van der Waals surface area contributed by atoms with Gasteiger partial charge >= 0.3 is 11.9 Å². The number of carbonyl (C=O) groups excluding carboxylic acids is 2. The zero-order valence-electron chi connectivity index (χ0n) is 52.4. The van der Waals surface area contributed by atoms with Crippen LogP contribution in [0.5, 0.6) is 0 Å². The van der Waals surface area contributed by atoms with Gasteiger partial charge in [0.2, 0.25) is 0 Å². The van der Waals surface area contributed by atoms with Gasteiger partial charge in [0.05, 0.1) is 6.61 Å². The summed E-state index contributed by atoms with van der Waals surface area (Å²) in [7, 11) is 0. The first-order valence-corrected chi connectivity index (χ1v) is 34.8. The molecule has 5 heteroatoms. The number of hydrogen-bond donors (Lipinski definition) is 1. The number of hydrogen-bond acceptors (Lipinski definition) is 5. The Bertz CT molecular complexity index is 1330. The Morgan fingerprint density at radius 2 is 0.551 bits per heavy atom. The molecule has 1 N–H and O–H groups in total. The van der Waals surface area contributed by atoms with Crippen LogP contribution in [0.15, 0.2) is 60.8 Å². The van der Waals surface area contributed by atoms with Gasteiger partial charge in [-0.1, -0.05) is 344 Å². The quantitative estimate of drug-likeness (QED) is 0.0373. The molecule has 0 aromatic rings. The third-order valence-electron chi connectivity index (χ3n) is 15.8. The van der Waals surface area contributed by atoms with Crippen molar-refractivity contribution in [3.05, 3.63) is 60.8 Å². The zero-order chi connectivity index (χ0) is 56.2. The molecule has 1 unspecified atom stereocenters. The average Bonchev–Trinajstić information content (AvgIpc) is 3.44. The molecule has 78 heavy (non-hydrogen) atoms. The van der Waals surface area contributed by atoms with Gasteiger partial charge in [-0.2, -0.15) is 0 Å². The summed E-state index contributed by atoms with van der Waals surface area (Å²) in [6.45, 7) is 4.08. The molecule has 0 fully saturated rings. The lowest BCUT2D eigenvalue weighted by Crippen LogP contribution is -2.28. The van der Waals surface area contributed by atoms with Crippen LogP contribution in [0.4, 0.5) is 0 Å². The van der Waals surface area contributed by atoms with Crippen molar-refractivity contribution >= 4 is 11.9 Å². The van der Waals surface area contributed by atoms with Crippen molar-refractivity contribution in [2.45, 2.75) is 380 Å². The first-order chi connectivity index (χ1) is 38.6. The molecule has 1 atom stereocenters. The maximum atomic E-state index is 12.4. The number of aliphatic hydroxyl groups is 1. The summed E-state index contributed by atoms with van der Waals surface area (Å²) in [5, 5.41) is 9.70. The van der Waals surface area contributed by atoms with E-state index in [1.165, 1.54) is 283 Å². The molecule has 0 aromatic heterocycles. The minimum atomic E-state index is -0.773. The molecule has 0 aliphatic carbocycles. The van der Waals surface area contributed by atoms with Gasteiger partial charge in [-0.3, -0.25) is 9.59 Å². The molecule has 0 aromatic carbocycles. The fraction of sp³-hybridized carbons (Fsp3) is 0.836. The number of aliphatic hydroxyl groups excluding tert-OH is 1. The number of allylic oxidation sites excluding steroid dienone is 10. The van der Waals surface area contributed by atoms with E-state index >= 15 is 0 Å². The van der Waals surface area contributed by atoms with Crippen LogP contribution in [-0.4, -0.2) is 36.4 Å². The molecule has 0 saturated heterocycles. The van der Waals surface area contributed by atoms with E-state index in [1.807, 2.05) is 0 Å². The smallest absolute Gasteiger partial charge is 0.306 e. The van der Waals surface area contributed by atoms with Crippen molar-refractivity contribution in [3.63, 3.8) is 0 Å². The van der Waals surface area contributed by atoms with Crippen molar-refractivity contribution in [1.29, 1.82) is 0 Å². The number of rotatable bonds is 65. The predicted octanol–water partition coefficient (Wildman–Crippen LogP) is 24.1. The Hall–Kier alpha value is -2.40. The summed E-state index contributed by atoms with van der Waals surface area (Å²) < 4.78 is 10.8. The minimum absolute atomic E-state index is 0.0625. The van der Waals surface area contributed by atoms with Crippen molar-refractivity contribution in [2.75, 3.05) is 13.2 Å². The van der Waals surface area contributed by atoms with Gasteiger partial charge in [0.1, 0.15) is 6.61 Å². The monoisotopic (exact) mass is 1090 g/mol. The van der Waals surface area contributed by atoms with Crippen LogP contribution in [0.25, 0.3) is 0 Å². The van der Waals surface area contributed by atoms with E-state index in [4.69, 9.17) is 9.47 Å². The van der Waals surface area contributed by atoms with Crippen LogP contribution in [0.2, 0.25) is 0 Å². The number of ether oxygens (including phenoxy) is 2. The minimum Gasteiger partial charge on any atom is -0.462 e. The van der Waals surface area contributed by atoms with Crippen LogP contribution < -0.4 is 0 Å². The van der Waals surface area contributed by atoms with E-state index in [0.29, 0.717) is 12.8 Å². The lowest BCUT2D eigenvalue weighted by atomic mass is 10.0. The molecule has 0 radical (unpaired) electrons. The Kier molecular flexibility index (Phi) is 66.8. The summed E-state index contributed by atoms with van der Waals surface area (Å²) in [6, 6.07) is 0. The molecular weight excluding hydrogens is 957 g/mol. The highest BCUT2D eigenvalue weighted by Gasteiger charge is 2.16. The van der Waals surface area contributed by atoms with Gasteiger partial charge in [-0.25, -0.2) is 0 Å². The topological polar surface area (TPSA) is 72.8 Å². The highest BCUT2D eigenvalue weighted by molar-refractivity contribution is 5.70. The third-order valence-corrected chi connectivity index (χ3v) is 15.8. The van der Waals surface area contributed by atoms with Crippen LogP contribution in [-0.2, 0) is 19.1 Å². The Morgan fingerprint density at radius 3 is 0.846 bits per heavy atom. The molecule has 456 valence electrons. The molecule has 0 bridgehead atoms. The SMILES string of the molecule is CC/C=C\C/C=C\C/C=C\C/C=C\CCCCCCCCCCCCCCCCC(=O)OC(CO)COC(=O)CCCCCCCCCCCCCCCCCCCCCCCCCCC/C=C\CCCCCCCCCC. The lowest BCUT2D eigenvalue weighted by Gasteiger charge is -2.15. The summed E-state index contributed by atoms with van der Waals surface area (Å²) in [5.74, 6) is -0.573. The number of esters is 2. The van der Waals surface area contributed by atoms with Crippen LogP contribution in [0.3, 0.4) is 0 Å². The summed E-state index contributed by atoms with van der Waals surface area (Å²) in [4.78, 5) is 24.6. The molecule has 0 amide bonds. The zero-order valence-corrected chi connectivity index (χ0v) is 52.4. The normalized spacial score (nSPS) is 12.5. The van der Waals surface area contributed by atoms with Gasteiger partial charge in [-0.15, -0.1) is 0 Å². The second-order valence-electron chi connectivity index (χ2n) is 23.6. The summed E-state index contributed by atoms with van der Waals surface area (Å²) in [6.07, 6.45) is 94.1. The predicted molar refractivity (Wildman–Crippen MR) is 344 cm³/mol. The van der Waals surface area contributed by atoms with E-state index in [0.717, 1.165) is 64.2 Å². The first kappa shape index (κ1) is 75.6. The molecule has 0 rings (SSSR count). The maximum absolute atomic E-state index is 12.4. The van der Waals surface area contributed by atoms with E-state index in [2.05, 4.69) is 74.6 Å². The van der Waals surface area contributed by atoms with Gasteiger partial charge in [-0.05, 0) is 77.0 Å². The second kappa shape index (κ2) is 68.9. The molecule has 0 aliphatic rings. The van der Waals surface area contributed by atoms with Gasteiger partial charge in [0.25, 0.3) is 0 Å². The molecule has 0 aliphatic heterocycles. The summed E-state index contributed by atoms with van der Waals surface area (Å²) in [5.41, 5.74) is 0. The Morgan fingerprint density at radius 1 is 0.308 bits per heavy atom. The number of carbonyl (C=O) groups is 2. The van der Waals surface area contributed by atoms with Crippen molar-refractivity contribution < 1.29 is 24.2 Å². The van der Waals surface area contributed by atoms with Crippen molar-refractivity contribution in [3.8, 4) is 0 Å². The molecule has 0 spiro atoms. The number of unbranched alkanes of at least 4 members (excludes halogenated alkanes) is 47. The van der Waals surface area contributed by atoms with Crippen LogP contribution >= 0.6 is 0 Å². The fourth-order valence-corrected chi connectivity index (χ4v) is 10.6. The van der Waals surface area contributed by atoms with E-state index in [9.17, 15) is 14.7 Å². The van der Waals surface area contributed by atoms with E-state index < -0.39 is 6.10 Å².